The van der Waals surface area contributed by atoms with Crippen molar-refractivity contribution in [3.63, 3.8) is 0 Å². The number of aromatic nitrogens is 1. The number of rotatable bonds is 3. The number of aryl methyl sites for hydroxylation is 1. The third kappa shape index (κ3) is 3.19. The molecule has 1 aromatic carbocycles. The van der Waals surface area contributed by atoms with Gasteiger partial charge in [0.25, 0.3) is 5.56 Å². The van der Waals surface area contributed by atoms with Crippen molar-refractivity contribution < 1.29 is 4.79 Å². The van der Waals surface area contributed by atoms with Crippen LogP contribution in [-0.4, -0.2) is 10.5 Å². The highest BCUT2D eigenvalue weighted by atomic mass is 79.9. The molecule has 0 unspecified atom stereocenters. The Morgan fingerprint density at radius 3 is 2.67 bits per heavy atom. The number of benzene rings is 1. The maximum Gasteiger partial charge on any atom is 0.253 e. The Bertz CT molecular complexity index is 784. The number of primary amides is 1. The fourth-order valence-corrected chi connectivity index (χ4v) is 2.96. The van der Waals surface area contributed by atoms with E-state index in [4.69, 9.17) is 17.3 Å². The molecular weight excluding hydrogens is 356 g/mol. The summed E-state index contributed by atoms with van der Waals surface area (Å²) in [6.07, 6.45) is 1.85. The summed E-state index contributed by atoms with van der Waals surface area (Å²) in [5, 5.41) is 0.569. The quantitative estimate of drug-likeness (QED) is 0.904. The van der Waals surface area contributed by atoms with Crippen LogP contribution in [0.3, 0.4) is 0 Å². The molecule has 1 aromatic heterocycles. The molecule has 2 rings (SSSR count). The fourth-order valence-electron chi connectivity index (χ4n) is 2.22. The lowest BCUT2D eigenvalue weighted by Crippen LogP contribution is -2.26. The summed E-state index contributed by atoms with van der Waals surface area (Å²) in [5.74, 6) is -0.558. The van der Waals surface area contributed by atoms with Crippen molar-refractivity contribution in [1.29, 1.82) is 0 Å². The second kappa shape index (κ2) is 6.03. The Morgan fingerprint density at radius 2 is 2.10 bits per heavy atom. The molecule has 0 saturated carbocycles. The van der Waals surface area contributed by atoms with Crippen molar-refractivity contribution in [2.45, 2.75) is 13.3 Å². The van der Waals surface area contributed by atoms with Gasteiger partial charge >= 0.3 is 0 Å². The summed E-state index contributed by atoms with van der Waals surface area (Å²) in [7, 11) is 1.60. The number of halogens is 2. The van der Waals surface area contributed by atoms with E-state index in [2.05, 4.69) is 15.9 Å². The van der Waals surface area contributed by atoms with Crippen LogP contribution in [0.15, 0.2) is 33.7 Å². The van der Waals surface area contributed by atoms with E-state index in [1.54, 1.807) is 20.0 Å². The van der Waals surface area contributed by atoms with Crippen molar-refractivity contribution in [2.75, 3.05) is 0 Å². The Labute approximate surface area is 135 Å². The average molecular weight is 370 g/mol. The van der Waals surface area contributed by atoms with Crippen molar-refractivity contribution in [1.82, 2.24) is 4.57 Å². The molecule has 0 aliphatic rings. The largest absolute Gasteiger partial charge is 0.366 e. The second-order valence-corrected chi connectivity index (χ2v) is 6.16. The molecule has 110 valence electrons. The van der Waals surface area contributed by atoms with Gasteiger partial charge in [-0.2, -0.15) is 0 Å². The summed E-state index contributed by atoms with van der Waals surface area (Å²) in [5.41, 5.74) is 7.57. The fraction of sp³-hybridized carbons (Fsp3) is 0.200. The van der Waals surface area contributed by atoms with Crippen molar-refractivity contribution >= 4 is 33.4 Å². The Kier molecular flexibility index (Phi) is 4.54. The molecule has 0 aliphatic heterocycles. The zero-order chi connectivity index (χ0) is 15.7. The third-order valence-electron chi connectivity index (χ3n) is 3.39. The van der Waals surface area contributed by atoms with E-state index in [0.717, 1.165) is 10.0 Å². The standard InChI is InChI=1S/C15H14BrClN2O2/c1-8-11(5-9-3-4-10(16)6-13(9)17)12(14(18)20)7-19(2)15(8)21/h3-4,6-7H,5H2,1-2H3,(H2,18,20). The predicted molar refractivity (Wildman–Crippen MR) is 86.9 cm³/mol. The highest BCUT2D eigenvalue weighted by Crippen LogP contribution is 2.25. The normalized spacial score (nSPS) is 10.7. The van der Waals surface area contributed by atoms with Crippen molar-refractivity contribution in [3.8, 4) is 0 Å². The molecule has 0 aliphatic carbocycles. The zero-order valence-corrected chi connectivity index (χ0v) is 14.0. The van der Waals surface area contributed by atoms with Gasteiger partial charge in [0.15, 0.2) is 0 Å². The van der Waals surface area contributed by atoms with Crippen LogP contribution in [-0.2, 0) is 13.5 Å². The van der Waals surface area contributed by atoms with Gasteiger partial charge < -0.3 is 10.3 Å². The molecule has 1 amide bonds. The summed E-state index contributed by atoms with van der Waals surface area (Å²) >= 11 is 9.55. The minimum atomic E-state index is -0.558. The van der Waals surface area contributed by atoms with E-state index in [9.17, 15) is 9.59 Å². The van der Waals surface area contributed by atoms with Crippen molar-refractivity contribution in [2.24, 2.45) is 12.8 Å². The lowest BCUT2D eigenvalue weighted by atomic mass is 9.97. The number of hydrogen-bond donors (Lipinski definition) is 1. The molecule has 4 nitrogen and oxygen atoms in total. The van der Waals surface area contributed by atoms with E-state index < -0.39 is 5.91 Å². The third-order valence-corrected chi connectivity index (χ3v) is 4.23. The molecule has 0 saturated heterocycles. The first-order valence-corrected chi connectivity index (χ1v) is 7.41. The molecule has 0 spiro atoms. The van der Waals surface area contributed by atoms with Gasteiger partial charge in [0, 0.05) is 34.7 Å². The monoisotopic (exact) mass is 368 g/mol. The van der Waals surface area contributed by atoms with E-state index in [1.165, 1.54) is 10.8 Å². The summed E-state index contributed by atoms with van der Waals surface area (Å²) in [6.45, 7) is 1.69. The van der Waals surface area contributed by atoms with Crippen LogP contribution in [0.2, 0.25) is 5.02 Å². The van der Waals surface area contributed by atoms with Gasteiger partial charge in [-0.05, 0) is 30.2 Å². The Balaban J connectivity index is 2.60. The van der Waals surface area contributed by atoms with Gasteiger partial charge in [-0.25, -0.2) is 0 Å². The molecule has 1 heterocycles. The topological polar surface area (TPSA) is 65.1 Å². The van der Waals surface area contributed by atoms with Gasteiger partial charge in [-0.1, -0.05) is 33.6 Å². The number of hydrogen-bond acceptors (Lipinski definition) is 2. The SMILES string of the molecule is Cc1c(Cc2ccc(Br)cc2Cl)c(C(N)=O)cn(C)c1=O. The Morgan fingerprint density at radius 1 is 1.43 bits per heavy atom. The van der Waals surface area contributed by atoms with E-state index in [1.807, 2.05) is 12.1 Å². The lowest BCUT2D eigenvalue weighted by Gasteiger charge is -2.13. The molecule has 6 heteroatoms. The first kappa shape index (κ1) is 15.8. The molecule has 0 radical (unpaired) electrons. The summed E-state index contributed by atoms with van der Waals surface area (Å²) < 4.78 is 2.23. The maximum absolute atomic E-state index is 12.1. The van der Waals surface area contributed by atoms with E-state index in [0.29, 0.717) is 28.1 Å². The Hall–Kier alpha value is -1.59. The number of nitrogens with two attached hydrogens (primary N) is 1. The highest BCUT2D eigenvalue weighted by Gasteiger charge is 2.16. The molecule has 0 bridgehead atoms. The molecule has 0 fully saturated rings. The van der Waals surface area contributed by atoms with Gasteiger partial charge in [0.2, 0.25) is 5.91 Å². The minimum absolute atomic E-state index is 0.150. The van der Waals surface area contributed by atoms with Crippen LogP contribution >= 0.6 is 27.5 Å². The summed E-state index contributed by atoms with van der Waals surface area (Å²) in [4.78, 5) is 23.7. The molecule has 2 aromatic rings. The first-order chi connectivity index (χ1) is 9.81. The minimum Gasteiger partial charge on any atom is -0.366 e. The molecular formula is C15H14BrClN2O2. The lowest BCUT2D eigenvalue weighted by molar-refractivity contribution is 0.0998. The number of pyridine rings is 1. The van der Waals surface area contributed by atoms with Crippen molar-refractivity contribution in [3.05, 3.63) is 66.5 Å². The smallest absolute Gasteiger partial charge is 0.253 e. The number of nitrogens with zero attached hydrogens (tertiary/aromatic N) is 1. The van der Waals surface area contributed by atoms with E-state index in [-0.39, 0.29) is 5.56 Å². The van der Waals surface area contributed by atoms with Crippen LogP contribution in [0, 0.1) is 6.92 Å². The van der Waals surface area contributed by atoms with Gasteiger partial charge in [0.05, 0.1) is 5.56 Å². The number of amides is 1. The number of carbonyl (C=O) groups excluding carboxylic acids is 1. The summed E-state index contributed by atoms with van der Waals surface area (Å²) in [6, 6.07) is 5.49. The molecule has 2 N–H and O–H groups in total. The average Bonchev–Trinajstić information content (AvgIpc) is 2.41. The second-order valence-electron chi connectivity index (χ2n) is 4.84. The molecule has 0 atom stereocenters. The first-order valence-electron chi connectivity index (χ1n) is 6.24. The highest BCUT2D eigenvalue weighted by molar-refractivity contribution is 9.10. The maximum atomic E-state index is 12.1. The predicted octanol–water partition coefficient (Wildman–Crippen LogP) is 2.80. The van der Waals surface area contributed by atoms with Crippen LogP contribution < -0.4 is 11.3 Å². The zero-order valence-electron chi connectivity index (χ0n) is 11.6. The van der Waals surface area contributed by atoms with E-state index >= 15 is 0 Å². The van der Waals surface area contributed by atoms with Gasteiger partial charge in [-0.3, -0.25) is 9.59 Å². The van der Waals surface area contributed by atoms with Crippen LogP contribution in [0.4, 0.5) is 0 Å². The molecule has 21 heavy (non-hydrogen) atoms. The van der Waals surface area contributed by atoms with Crippen LogP contribution in [0.25, 0.3) is 0 Å². The van der Waals surface area contributed by atoms with Crippen LogP contribution in [0.5, 0.6) is 0 Å². The van der Waals surface area contributed by atoms with Gasteiger partial charge in [0.1, 0.15) is 0 Å². The van der Waals surface area contributed by atoms with Gasteiger partial charge in [-0.15, -0.1) is 0 Å². The number of carbonyl (C=O) groups is 1. The van der Waals surface area contributed by atoms with Crippen LogP contribution in [0.1, 0.15) is 27.0 Å².